The van der Waals surface area contributed by atoms with Gasteiger partial charge >= 0.3 is 0 Å². The first kappa shape index (κ1) is 20.8. The van der Waals surface area contributed by atoms with E-state index in [-0.39, 0.29) is 11.7 Å². The van der Waals surface area contributed by atoms with Gasteiger partial charge in [-0.15, -0.1) is 11.3 Å². The Morgan fingerprint density at radius 3 is 2.56 bits per heavy atom. The number of nitriles is 2. The molecule has 2 heterocycles. The fourth-order valence-corrected chi connectivity index (χ4v) is 6.66. The van der Waals surface area contributed by atoms with E-state index in [1.54, 1.807) is 0 Å². The van der Waals surface area contributed by atoms with Crippen LogP contribution in [0.15, 0.2) is 35.4 Å². The summed E-state index contributed by atoms with van der Waals surface area (Å²) >= 11 is 2.81. The topological polar surface area (TPSA) is 89.6 Å². The van der Waals surface area contributed by atoms with Crippen molar-refractivity contribution >= 4 is 34.0 Å². The number of fused-ring (bicyclic) bond motifs is 2. The Bertz CT molecular complexity index is 1300. The highest BCUT2D eigenvalue weighted by Gasteiger charge is 2.26. The average molecular weight is 457 g/mol. The Morgan fingerprint density at radius 2 is 1.78 bits per heavy atom. The Morgan fingerprint density at radius 1 is 1.03 bits per heavy atom. The molecule has 3 aromatic rings. The second kappa shape index (κ2) is 8.78. The summed E-state index contributed by atoms with van der Waals surface area (Å²) in [6.07, 6.45) is 5.81. The molecule has 5 rings (SSSR count). The summed E-state index contributed by atoms with van der Waals surface area (Å²) in [5, 5.41) is 23.7. The first-order valence-electron chi connectivity index (χ1n) is 10.7. The number of rotatable bonds is 5. The van der Waals surface area contributed by atoms with E-state index in [0.29, 0.717) is 21.2 Å². The number of nitrogens with zero attached hydrogens (tertiary/aromatic N) is 3. The lowest BCUT2D eigenvalue weighted by atomic mass is 9.95. The van der Waals surface area contributed by atoms with Crippen LogP contribution in [-0.4, -0.2) is 16.6 Å². The molecule has 0 aliphatic heterocycles. The minimum absolute atomic E-state index is 0.141. The third-order valence-electron chi connectivity index (χ3n) is 5.99. The average Bonchev–Trinajstić information content (AvgIpc) is 3.53. The Hall–Kier alpha value is -3.13. The molecule has 0 saturated heterocycles. The van der Waals surface area contributed by atoms with Gasteiger partial charge in [0.15, 0.2) is 0 Å². The predicted molar refractivity (Wildman–Crippen MR) is 127 cm³/mol. The summed E-state index contributed by atoms with van der Waals surface area (Å²) in [4.78, 5) is 18.7. The van der Waals surface area contributed by atoms with Crippen molar-refractivity contribution in [3.05, 3.63) is 63.2 Å². The highest BCUT2D eigenvalue weighted by Crippen LogP contribution is 2.40. The first-order chi connectivity index (χ1) is 15.7. The highest BCUT2D eigenvalue weighted by atomic mass is 32.2. The minimum Gasteiger partial charge on any atom is -0.316 e. The van der Waals surface area contributed by atoms with Gasteiger partial charge in [0.1, 0.15) is 22.2 Å². The van der Waals surface area contributed by atoms with Gasteiger partial charge in [-0.05, 0) is 55.2 Å². The molecule has 0 radical (unpaired) electrons. The molecule has 1 amide bonds. The van der Waals surface area contributed by atoms with E-state index in [1.165, 1.54) is 28.0 Å². The number of hydrogen-bond acceptors (Lipinski definition) is 6. The second-order valence-corrected chi connectivity index (χ2v) is 10.0. The van der Waals surface area contributed by atoms with Crippen molar-refractivity contribution in [2.45, 2.75) is 43.6 Å². The molecule has 0 fully saturated rings. The fourth-order valence-electron chi connectivity index (χ4n) is 4.60. The van der Waals surface area contributed by atoms with Crippen LogP contribution in [0.4, 0.5) is 5.00 Å². The number of aryl methyl sites for hydroxylation is 2. The van der Waals surface area contributed by atoms with Crippen LogP contribution in [0.3, 0.4) is 0 Å². The molecule has 0 saturated carbocycles. The van der Waals surface area contributed by atoms with E-state index < -0.39 is 0 Å². The Labute approximate surface area is 195 Å². The van der Waals surface area contributed by atoms with Crippen LogP contribution in [0, 0.1) is 22.7 Å². The van der Waals surface area contributed by atoms with Crippen molar-refractivity contribution in [1.29, 1.82) is 10.5 Å². The van der Waals surface area contributed by atoms with Crippen LogP contribution in [0.5, 0.6) is 0 Å². The van der Waals surface area contributed by atoms with Crippen LogP contribution in [-0.2, 0) is 30.5 Å². The van der Waals surface area contributed by atoms with Crippen molar-refractivity contribution in [2.24, 2.45) is 0 Å². The van der Waals surface area contributed by atoms with Crippen LogP contribution in [0.2, 0.25) is 0 Å². The number of thiophene rings is 1. The standard InChI is InChI=1S/C25H20N4OS2/c26-12-18-16-8-5-11-21(16)32-25(18)29-22(30)14-31-24-19(13-27)23(15-6-2-1-3-7-15)17-9-4-10-20(17)28-24/h1-3,6-7H,4-5,8-11,14H2,(H,29,30). The summed E-state index contributed by atoms with van der Waals surface area (Å²) in [6, 6.07) is 14.6. The molecule has 2 aromatic heterocycles. The number of hydrogen-bond donors (Lipinski definition) is 1. The number of aromatic nitrogens is 1. The Kier molecular flexibility index (Phi) is 5.70. The number of anilines is 1. The molecule has 2 aliphatic carbocycles. The van der Waals surface area contributed by atoms with Crippen molar-refractivity contribution < 1.29 is 4.79 Å². The lowest BCUT2D eigenvalue weighted by molar-refractivity contribution is -0.113. The summed E-state index contributed by atoms with van der Waals surface area (Å²) in [5.41, 5.74) is 6.42. The summed E-state index contributed by atoms with van der Waals surface area (Å²) < 4.78 is 0. The quantitative estimate of drug-likeness (QED) is 0.529. The number of thioether (sulfide) groups is 1. The summed E-state index contributed by atoms with van der Waals surface area (Å²) in [7, 11) is 0. The zero-order valence-corrected chi connectivity index (χ0v) is 19.0. The fraction of sp³-hybridized carbons (Fsp3) is 0.280. The van der Waals surface area contributed by atoms with E-state index in [0.717, 1.165) is 66.5 Å². The minimum atomic E-state index is -0.182. The Balaban J connectivity index is 1.40. The van der Waals surface area contributed by atoms with Gasteiger partial charge in [-0.3, -0.25) is 4.79 Å². The van der Waals surface area contributed by atoms with Crippen molar-refractivity contribution in [3.8, 4) is 23.3 Å². The van der Waals surface area contributed by atoms with Gasteiger partial charge in [0.25, 0.3) is 0 Å². The molecule has 0 unspecified atom stereocenters. The van der Waals surface area contributed by atoms with Gasteiger partial charge in [0, 0.05) is 16.1 Å². The summed E-state index contributed by atoms with van der Waals surface area (Å²) in [6.45, 7) is 0. The monoisotopic (exact) mass is 456 g/mol. The maximum Gasteiger partial charge on any atom is 0.235 e. The molecule has 32 heavy (non-hydrogen) atoms. The van der Waals surface area contributed by atoms with Crippen LogP contribution in [0.1, 0.15) is 45.7 Å². The van der Waals surface area contributed by atoms with Crippen molar-refractivity contribution in [3.63, 3.8) is 0 Å². The van der Waals surface area contributed by atoms with Crippen molar-refractivity contribution in [2.75, 3.05) is 11.1 Å². The zero-order valence-electron chi connectivity index (χ0n) is 17.4. The molecular formula is C25H20N4OS2. The largest absolute Gasteiger partial charge is 0.316 e. The molecule has 1 N–H and O–H groups in total. The van der Waals surface area contributed by atoms with Gasteiger partial charge in [-0.1, -0.05) is 42.1 Å². The predicted octanol–water partition coefficient (Wildman–Crippen LogP) is 5.26. The zero-order chi connectivity index (χ0) is 22.1. The van der Waals surface area contributed by atoms with E-state index >= 15 is 0 Å². The highest BCUT2D eigenvalue weighted by molar-refractivity contribution is 8.00. The SMILES string of the molecule is N#Cc1c(NC(=O)CSc2nc3c(c(-c4ccccc4)c2C#N)CCC3)sc2c1CCC2. The van der Waals surface area contributed by atoms with Crippen LogP contribution < -0.4 is 5.32 Å². The lowest BCUT2D eigenvalue weighted by Gasteiger charge is -2.14. The molecule has 0 bridgehead atoms. The number of carbonyl (C=O) groups excluding carboxylic acids is 1. The van der Waals surface area contributed by atoms with Crippen LogP contribution >= 0.6 is 23.1 Å². The molecule has 5 nitrogen and oxygen atoms in total. The van der Waals surface area contributed by atoms with E-state index in [4.69, 9.17) is 4.98 Å². The number of nitrogens with one attached hydrogen (secondary N) is 1. The third kappa shape index (κ3) is 3.68. The van der Waals surface area contributed by atoms with Gasteiger partial charge in [0.05, 0.1) is 16.9 Å². The van der Waals surface area contributed by atoms with Gasteiger partial charge in [0.2, 0.25) is 5.91 Å². The molecule has 0 atom stereocenters. The molecule has 1 aromatic carbocycles. The van der Waals surface area contributed by atoms with Crippen molar-refractivity contribution in [1.82, 2.24) is 4.98 Å². The molecule has 2 aliphatic rings. The number of pyridine rings is 1. The van der Waals surface area contributed by atoms with E-state index in [2.05, 4.69) is 17.5 Å². The number of carbonyl (C=O) groups is 1. The molecular weight excluding hydrogens is 436 g/mol. The van der Waals surface area contributed by atoms with E-state index in [1.807, 2.05) is 30.3 Å². The van der Waals surface area contributed by atoms with Gasteiger partial charge < -0.3 is 5.32 Å². The number of benzene rings is 1. The van der Waals surface area contributed by atoms with Crippen LogP contribution in [0.25, 0.3) is 11.1 Å². The van der Waals surface area contributed by atoms with E-state index in [9.17, 15) is 15.3 Å². The van der Waals surface area contributed by atoms with Gasteiger partial charge in [-0.2, -0.15) is 10.5 Å². The third-order valence-corrected chi connectivity index (χ3v) is 8.17. The van der Waals surface area contributed by atoms with Gasteiger partial charge in [-0.25, -0.2) is 4.98 Å². The molecule has 158 valence electrons. The smallest absolute Gasteiger partial charge is 0.235 e. The lowest BCUT2D eigenvalue weighted by Crippen LogP contribution is -2.14. The maximum atomic E-state index is 12.7. The molecule has 7 heteroatoms. The summed E-state index contributed by atoms with van der Waals surface area (Å²) in [5.74, 6) is -0.0406. The first-order valence-corrected chi connectivity index (χ1v) is 12.5. The maximum absolute atomic E-state index is 12.7. The molecule has 0 spiro atoms. The second-order valence-electron chi connectivity index (χ2n) is 7.93. The normalized spacial score (nSPS) is 13.8. The number of amides is 1.